The molecule has 0 atom stereocenters. The van der Waals surface area contributed by atoms with Gasteiger partial charge in [0.05, 0.1) is 17.1 Å². The van der Waals surface area contributed by atoms with E-state index in [-0.39, 0.29) is 23.3 Å². The average molecular weight is 404 g/mol. The molecule has 7 heteroatoms. The molecule has 0 spiro atoms. The minimum atomic E-state index is -0.217. The molecule has 5 nitrogen and oxygen atoms in total. The molecule has 0 heterocycles. The highest BCUT2D eigenvalue weighted by atomic mass is 35.5. The van der Waals surface area contributed by atoms with Gasteiger partial charge in [0, 0.05) is 12.1 Å². The summed E-state index contributed by atoms with van der Waals surface area (Å²) >= 11 is 11.4. The largest absolute Gasteiger partial charge is 0.331 e. The first-order valence-corrected chi connectivity index (χ1v) is 9.42. The second kappa shape index (κ2) is 10.0. The summed E-state index contributed by atoms with van der Waals surface area (Å²) in [6.45, 7) is 3.89. The summed E-state index contributed by atoms with van der Waals surface area (Å²) in [6.07, 6.45) is 1.44. The predicted octanol–water partition coefficient (Wildman–Crippen LogP) is 4.44. The van der Waals surface area contributed by atoms with E-state index in [1.807, 2.05) is 38.1 Å². The van der Waals surface area contributed by atoms with Crippen LogP contribution in [0.1, 0.15) is 30.9 Å². The van der Waals surface area contributed by atoms with Crippen molar-refractivity contribution >= 4 is 52.1 Å². The van der Waals surface area contributed by atoms with Crippen LogP contribution in [0.3, 0.4) is 0 Å². The zero-order chi connectivity index (χ0) is 19.8. The van der Waals surface area contributed by atoms with E-state index >= 15 is 0 Å². The van der Waals surface area contributed by atoms with Crippen molar-refractivity contribution in [2.75, 3.05) is 10.6 Å². The van der Waals surface area contributed by atoms with Crippen LogP contribution >= 0.6 is 23.8 Å². The fourth-order valence-electron chi connectivity index (χ4n) is 2.46. The second-order valence-electron chi connectivity index (χ2n) is 6.10. The lowest BCUT2D eigenvalue weighted by molar-refractivity contribution is -0.119. The minimum Gasteiger partial charge on any atom is -0.331 e. The molecule has 0 unspecified atom stereocenters. The zero-order valence-electron chi connectivity index (χ0n) is 15.3. The minimum absolute atomic E-state index is 0.0696. The van der Waals surface area contributed by atoms with Gasteiger partial charge in [-0.2, -0.15) is 0 Å². The van der Waals surface area contributed by atoms with E-state index in [4.69, 9.17) is 23.8 Å². The van der Waals surface area contributed by atoms with Crippen LogP contribution in [0.25, 0.3) is 0 Å². The van der Waals surface area contributed by atoms with E-state index in [1.165, 1.54) is 0 Å². The number of nitrogens with one attached hydrogen (secondary N) is 3. The number of amides is 2. The number of benzene rings is 2. The van der Waals surface area contributed by atoms with E-state index in [2.05, 4.69) is 16.0 Å². The maximum atomic E-state index is 12.2. The highest BCUT2D eigenvalue weighted by molar-refractivity contribution is 7.80. The van der Waals surface area contributed by atoms with Gasteiger partial charge in [0.1, 0.15) is 0 Å². The number of hydrogen-bond acceptors (Lipinski definition) is 3. The predicted molar refractivity (Wildman–Crippen MR) is 114 cm³/mol. The Morgan fingerprint density at radius 3 is 2.52 bits per heavy atom. The molecule has 0 aromatic heterocycles. The number of anilines is 2. The number of halogens is 1. The fourth-order valence-corrected chi connectivity index (χ4v) is 2.84. The molecule has 0 aliphatic heterocycles. The molecule has 3 N–H and O–H groups in total. The summed E-state index contributed by atoms with van der Waals surface area (Å²) in [6, 6.07) is 12.7. The van der Waals surface area contributed by atoms with Gasteiger partial charge >= 0.3 is 0 Å². The van der Waals surface area contributed by atoms with Crippen LogP contribution in [0.5, 0.6) is 0 Å². The van der Waals surface area contributed by atoms with Crippen LogP contribution in [-0.2, 0) is 16.0 Å². The summed E-state index contributed by atoms with van der Waals surface area (Å²) in [5.74, 6) is -0.287. The molecular formula is C20H22ClN3O2S. The van der Waals surface area contributed by atoms with Crippen LogP contribution in [0.2, 0.25) is 5.02 Å². The molecule has 2 aromatic rings. The van der Waals surface area contributed by atoms with Gasteiger partial charge in [0.2, 0.25) is 11.8 Å². The lowest BCUT2D eigenvalue weighted by Crippen LogP contribution is -2.35. The van der Waals surface area contributed by atoms with Crippen molar-refractivity contribution in [2.24, 2.45) is 0 Å². The Balaban J connectivity index is 1.97. The standard InChI is InChI=1S/C20H22ClN3O2S/c1-3-6-18(25)22-15-9-10-16(21)17(12-15)23-20(27)24-19(26)11-14-8-5-4-7-13(14)2/h4-5,7-10,12H,3,6,11H2,1-2H3,(H,22,25)(H2,23,24,26,27). The van der Waals surface area contributed by atoms with Crippen molar-refractivity contribution in [3.05, 3.63) is 58.6 Å². The summed E-state index contributed by atoms with van der Waals surface area (Å²) in [7, 11) is 0. The third kappa shape index (κ3) is 6.66. The van der Waals surface area contributed by atoms with Crippen molar-refractivity contribution < 1.29 is 9.59 Å². The Kier molecular flexibility index (Phi) is 7.76. The quantitative estimate of drug-likeness (QED) is 0.623. The monoisotopic (exact) mass is 403 g/mol. The first kappa shape index (κ1) is 20.9. The van der Waals surface area contributed by atoms with E-state index < -0.39 is 0 Å². The fraction of sp³-hybridized carbons (Fsp3) is 0.250. The van der Waals surface area contributed by atoms with Crippen molar-refractivity contribution in [2.45, 2.75) is 33.1 Å². The molecule has 0 radical (unpaired) electrons. The molecule has 0 fully saturated rings. The summed E-state index contributed by atoms with van der Waals surface area (Å²) < 4.78 is 0. The smallest absolute Gasteiger partial charge is 0.230 e. The number of carbonyl (C=O) groups is 2. The van der Waals surface area contributed by atoms with Crippen LogP contribution in [0.15, 0.2) is 42.5 Å². The van der Waals surface area contributed by atoms with Crippen LogP contribution < -0.4 is 16.0 Å². The van der Waals surface area contributed by atoms with Crippen molar-refractivity contribution in [1.29, 1.82) is 0 Å². The van der Waals surface area contributed by atoms with E-state index in [9.17, 15) is 9.59 Å². The van der Waals surface area contributed by atoms with E-state index in [0.29, 0.717) is 22.8 Å². The lowest BCUT2D eigenvalue weighted by atomic mass is 10.1. The molecule has 142 valence electrons. The SMILES string of the molecule is CCCC(=O)Nc1ccc(Cl)c(NC(=S)NC(=O)Cc2ccccc2C)c1. The highest BCUT2D eigenvalue weighted by Crippen LogP contribution is 2.25. The van der Waals surface area contributed by atoms with Gasteiger partial charge in [-0.05, 0) is 54.9 Å². The van der Waals surface area contributed by atoms with Gasteiger partial charge in [-0.3, -0.25) is 9.59 Å². The average Bonchev–Trinajstić information content (AvgIpc) is 2.60. The van der Waals surface area contributed by atoms with E-state index in [0.717, 1.165) is 17.5 Å². The number of carbonyl (C=O) groups excluding carboxylic acids is 2. The molecular weight excluding hydrogens is 382 g/mol. The first-order valence-electron chi connectivity index (χ1n) is 8.63. The normalized spacial score (nSPS) is 10.2. The number of rotatable bonds is 6. The van der Waals surface area contributed by atoms with Crippen molar-refractivity contribution in [1.82, 2.24) is 5.32 Å². The van der Waals surface area contributed by atoms with Crippen molar-refractivity contribution in [3.8, 4) is 0 Å². The third-order valence-corrected chi connectivity index (χ3v) is 4.37. The molecule has 0 saturated heterocycles. The van der Waals surface area contributed by atoms with Gasteiger partial charge in [-0.25, -0.2) is 0 Å². The Labute approximate surface area is 169 Å². The number of hydrogen-bond donors (Lipinski definition) is 3. The first-order chi connectivity index (χ1) is 12.9. The van der Waals surface area contributed by atoms with Crippen LogP contribution in [0, 0.1) is 6.92 Å². The molecule has 0 saturated carbocycles. The highest BCUT2D eigenvalue weighted by Gasteiger charge is 2.10. The molecule has 0 bridgehead atoms. The third-order valence-electron chi connectivity index (χ3n) is 3.84. The number of aryl methyl sites for hydroxylation is 1. The van der Waals surface area contributed by atoms with E-state index in [1.54, 1.807) is 18.2 Å². The van der Waals surface area contributed by atoms with Gasteiger partial charge in [0.25, 0.3) is 0 Å². The maximum Gasteiger partial charge on any atom is 0.230 e. The Hall–Kier alpha value is -2.44. The van der Waals surface area contributed by atoms with Gasteiger partial charge in [-0.15, -0.1) is 0 Å². The Morgan fingerprint density at radius 2 is 1.81 bits per heavy atom. The zero-order valence-corrected chi connectivity index (χ0v) is 16.8. The second-order valence-corrected chi connectivity index (χ2v) is 6.91. The van der Waals surface area contributed by atoms with Crippen LogP contribution in [-0.4, -0.2) is 16.9 Å². The van der Waals surface area contributed by atoms with Gasteiger partial charge in [-0.1, -0.05) is 42.8 Å². The topological polar surface area (TPSA) is 70.2 Å². The van der Waals surface area contributed by atoms with Crippen molar-refractivity contribution in [3.63, 3.8) is 0 Å². The summed E-state index contributed by atoms with van der Waals surface area (Å²) in [4.78, 5) is 23.9. The van der Waals surface area contributed by atoms with Gasteiger partial charge < -0.3 is 16.0 Å². The molecule has 27 heavy (non-hydrogen) atoms. The maximum absolute atomic E-state index is 12.2. The van der Waals surface area contributed by atoms with Crippen LogP contribution in [0.4, 0.5) is 11.4 Å². The summed E-state index contributed by atoms with van der Waals surface area (Å²) in [5.41, 5.74) is 3.10. The molecule has 2 amide bonds. The molecule has 2 aromatic carbocycles. The Morgan fingerprint density at radius 1 is 1.07 bits per heavy atom. The Bertz CT molecular complexity index is 855. The lowest BCUT2D eigenvalue weighted by Gasteiger charge is -2.13. The molecule has 2 rings (SSSR count). The number of thiocarbonyl (C=S) groups is 1. The molecule has 0 aliphatic carbocycles. The van der Waals surface area contributed by atoms with Gasteiger partial charge in [0.15, 0.2) is 5.11 Å². The molecule has 0 aliphatic rings. The summed E-state index contributed by atoms with van der Waals surface area (Å²) in [5, 5.41) is 8.92.